The quantitative estimate of drug-likeness (QED) is 0.791. The van der Waals surface area contributed by atoms with Gasteiger partial charge >= 0.3 is 0 Å². The summed E-state index contributed by atoms with van der Waals surface area (Å²) in [4.78, 5) is 18.1. The molecule has 1 aliphatic heterocycles. The molecule has 1 fully saturated rings. The molecular formula is C17H17FN2O. The van der Waals surface area contributed by atoms with E-state index in [1.165, 1.54) is 29.5 Å². The third-order valence-electron chi connectivity index (χ3n) is 4.04. The number of benzene rings is 1. The van der Waals surface area contributed by atoms with Crippen molar-refractivity contribution in [3.8, 4) is 0 Å². The lowest BCUT2D eigenvalue weighted by molar-refractivity contribution is 0.0735. The monoisotopic (exact) mass is 284 g/mol. The van der Waals surface area contributed by atoms with Crippen LogP contribution in [0.5, 0.6) is 0 Å². The number of rotatable bonds is 2. The predicted molar refractivity (Wildman–Crippen MR) is 78.4 cm³/mol. The Bertz CT molecular complexity index is 654. The molecule has 1 unspecified atom stereocenters. The number of carbonyl (C=O) groups excluding carboxylic acids is 1. The third kappa shape index (κ3) is 2.66. The summed E-state index contributed by atoms with van der Waals surface area (Å²) in [7, 11) is 0. The van der Waals surface area contributed by atoms with Gasteiger partial charge in [-0.25, -0.2) is 4.98 Å². The molecule has 108 valence electrons. The average Bonchev–Trinajstić information content (AvgIpc) is 2.97. The summed E-state index contributed by atoms with van der Waals surface area (Å²) in [5.74, 6) is -0.642. The predicted octanol–water partition coefficient (Wildman–Crippen LogP) is 3.51. The summed E-state index contributed by atoms with van der Waals surface area (Å²) in [6.45, 7) is 2.80. The van der Waals surface area contributed by atoms with Crippen LogP contribution in [0.25, 0.3) is 0 Å². The van der Waals surface area contributed by atoms with E-state index in [9.17, 15) is 9.18 Å². The number of amides is 1. The van der Waals surface area contributed by atoms with Gasteiger partial charge in [-0.2, -0.15) is 4.39 Å². The van der Waals surface area contributed by atoms with Crippen LogP contribution >= 0.6 is 0 Å². The molecule has 0 N–H and O–H groups in total. The molecule has 21 heavy (non-hydrogen) atoms. The zero-order valence-electron chi connectivity index (χ0n) is 11.9. The third-order valence-corrected chi connectivity index (χ3v) is 4.04. The maximum Gasteiger partial charge on any atom is 0.255 e. The minimum Gasteiger partial charge on any atom is -0.332 e. The molecule has 1 atom stereocenters. The van der Waals surface area contributed by atoms with Crippen molar-refractivity contribution >= 4 is 5.91 Å². The molecule has 1 amide bonds. The number of nitrogens with zero attached hydrogens (tertiary/aromatic N) is 2. The van der Waals surface area contributed by atoms with Gasteiger partial charge in [0.05, 0.1) is 11.6 Å². The van der Waals surface area contributed by atoms with Gasteiger partial charge in [-0.05, 0) is 43.0 Å². The Balaban J connectivity index is 1.89. The van der Waals surface area contributed by atoms with Crippen LogP contribution < -0.4 is 0 Å². The van der Waals surface area contributed by atoms with Gasteiger partial charge in [0.2, 0.25) is 5.95 Å². The Morgan fingerprint density at radius 3 is 2.81 bits per heavy atom. The lowest BCUT2D eigenvalue weighted by Gasteiger charge is -2.26. The molecule has 1 aliphatic rings. The second-order valence-corrected chi connectivity index (χ2v) is 5.38. The van der Waals surface area contributed by atoms with Crippen molar-refractivity contribution < 1.29 is 9.18 Å². The van der Waals surface area contributed by atoms with Crippen LogP contribution in [0.2, 0.25) is 0 Å². The fourth-order valence-corrected chi connectivity index (χ4v) is 2.96. The highest BCUT2D eigenvalue weighted by atomic mass is 19.1. The van der Waals surface area contributed by atoms with E-state index in [0.717, 1.165) is 19.4 Å². The summed E-state index contributed by atoms with van der Waals surface area (Å²) in [6.07, 6.45) is 3.26. The molecule has 2 heterocycles. The second-order valence-electron chi connectivity index (χ2n) is 5.38. The van der Waals surface area contributed by atoms with E-state index >= 15 is 0 Å². The molecule has 4 heteroatoms. The number of hydrogen-bond acceptors (Lipinski definition) is 2. The summed E-state index contributed by atoms with van der Waals surface area (Å²) < 4.78 is 12.9. The molecule has 1 saturated heterocycles. The molecule has 0 saturated carbocycles. The summed E-state index contributed by atoms with van der Waals surface area (Å²) >= 11 is 0. The van der Waals surface area contributed by atoms with Crippen LogP contribution in [-0.2, 0) is 0 Å². The molecule has 0 radical (unpaired) electrons. The van der Waals surface area contributed by atoms with Gasteiger partial charge in [-0.3, -0.25) is 4.79 Å². The molecule has 1 aromatic carbocycles. The number of aryl methyl sites for hydroxylation is 1. The van der Waals surface area contributed by atoms with Crippen molar-refractivity contribution in [1.82, 2.24) is 9.88 Å². The first kappa shape index (κ1) is 13.7. The smallest absolute Gasteiger partial charge is 0.255 e. The second kappa shape index (κ2) is 5.64. The van der Waals surface area contributed by atoms with Crippen LogP contribution in [0, 0.1) is 12.9 Å². The SMILES string of the molecule is Cc1ccccc1C1CCCN1C(=O)c1ccc(F)nc1. The van der Waals surface area contributed by atoms with Gasteiger partial charge < -0.3 is 4.90 Å². The molecule has 0 bridgehead atoms. The fraction of sp³-hybridized carbons (Fsp3) is 0.294. The first-order valence-corrected chi connectivity index (χ1v) is 7.15. The zero-order chi connectivity index (χ0) is 14.8. The van der Waals surface area contributed by atoms with Crippen molar-refractivity contribution in [1.29, 1.82) is 0 Å². The lowest BCUT2D eigenvalue weighted by Crippen LogP contribution is -2.31. The van der Waals surface area contributed by atoms with Crippen LogP contribution in [0.15, 0.2) is 42.6 Å². The van der Waals surface area contributed by atoms with Gasteiger partial charge in [-0.1, -0.05) is 24.3 Å². The largest absolute Gasteiger partial charge is 0.332 e. The van der Waals surface area contributed by atoms with Gasteiger partial charge in [0.15, 0.2) is 0 Å². The highest BCUT2D eigenvalue weighted by molar-refractivity contribution is 5.94. The van der Waals surface area contributed by atoms with E-state index in [1.54, 1.807) is 0 Å². The molecule has 3 nitrogen and oxygen atoms in total. The van der Waals surface area contributed by atoms with Crippen molar-refractivity contribution in [3.63, 3.8) is 0 Å². The zero-order valence-corrected chi connectivity index (χ0v) is 11.9. The Hall–Kier alpha value is -2.23. The maximum absolute atomic E-state index is 12.9. The number of halogens is 1. The Labute approximate surface area is 123 Å². The van der Waals surface area contributed by atoms with Crippen molar-refractivity contribution in [2.24, 2.45) is 0 Å². The minimum atomic E-state index is -0.566. The van der Waals surface area contributed by atoms with E-state index in [1.807, 2.05) is 17.0 Å². The van der Waals surface area contributed by atoms with E-state index in [4.69, 9.17) is 0 Å². The van der Waals surface area contributed by atoms with Crippen molar-refractivity contribution in [2.75, 3.05) is 6.54 Å². The minimum absolute atomic E-state index is 0.0757. The molecular weight excluding hydrogens is 267 g/mol. The van der Waals surface area contributed by atoms with Crippen LogP contribution in [0.4, 0.5) is 4.39 Å². The van der Waals surface area contributed by atoms with Gasteiger partial charge in [-0.15, -0.1) is 0 Å². The average molecular weight is 284 g/mol. The van der Waals surface area contributed by atoms with Crippen LogP contribution in [0.3, 0.4) is 0 Å². The van der Waals surface area contributed by atoms with E-state index in [-0.39, 0.29) is 11.9 Å². The van der Waals surface area contributed by atoms with Gasteiger partial charge in [0, 0.05) is 12.7 Å². The first-order valence-electron chi connectivity index (χ1n) is 7.15. The number of hydrogen-bond donors (Lipinski definition) is 0. The molecule has 3 rings (SSSR count). The van der Waals surface area contributed by atoms with E-state index < -0.39 is 5.95 Å². The number of pyridine rings is 1. The molecule has 0 spiro atoms. The topological polar surface area (TPSA) is 33.2 Å². The normalized spacial score (nSPS) is 18.0. The van der Waals surface area contributed by atoms with Crippen molar-refractivity contribution in [2.45, 2.75) is 25.8 Å². The summed E-state index contributed by atoms with van der Waals surface area (Å²) in [5.41, 5.74) is 2.83. The van der Waals surface area contributed by atoms with Crippen molar-refractivity contribution in [3.05, 3.63) is 65.2 Å². The van der Waals surface area contributed by atoms with Crippen LogP contribution in [0.1, 0.15) is 40.4 Å². The summed E-state index contributed by atoms with van der Waals surface area (Å²) in [6, 6.07) is 11.0. The number of carbonyl (C=O) groups is 1. The van der Waals surface area contributed by atoms with Gasteiger partial charge in [0.25, 0.3) is 5.91 Å². The fourth-order valence-electron chi connectivity index (χ4n) is 2.96. The highest BCUT2D eigenvalue weighted by Gasteiger charge is 2.31. The maximum atomic E-state index is 12.9. The Morgan fingerprint density at radius 1 is 1.29 bits per heavy atom. The van der Waals surface area contributed by atoms with E-state index in [0.29, 0.717) is 5.56 Å². The molecule has 2 aromatic rings. The van der Waals surface area contributed by atoms with Crippen LogP contribution in [-0.4, -0.2) is 22.3 Å². The number of likely N-dealkylation sites (tertiary alicyclic amines) is 1. The Kier molecular flexibility index (Phi) is 3.69. The molecule has 1 aromatic heterocycles. The van der Waals surface area contributed by atoms with E-state index in [2.05, 4.69) is 24.0 Å². The first-order chi connectivity index (χ1) is 10.2. The number of aromatic nitrogens is 1. The summed E-state index contributed by atoms with van der Waals surface area (Å²) in [5, 5.41) is 0. The highest BCUT2D eigenvalue weighted by Crippen LogP contribution is 2.34. The molecule has 0 aliphatic carbocycles. The lowest BCUT2D eigenvalue weighted by atomic mass is 9.99. The Morgan fingerprint density at radius 2 is 2.10 bits per heavy atom. The van der Waals surface area contributed by atoms with Gasteiger partial charge in [0.1, 0.15) is 0 Å². The standard InChI is InChI=1S/C17H17FN2O/c1-12-5-2-3-6-14(12)15-7-4-10-20(15)17(21)13-8-9-16(18)19-11-13/h2-3,5-6,8-9,11,15H,4,7,10H2,1H3.